The molecule has 0 bridgehead atoms. The van der Waals surface area contributed by atoms with Gasteiger partial charge < -0.3 is 15.3 Å². The van der Waals surface area contributed by atoms with Crippen LogP contribution in [0.25, 0.3) is 0 Å². The predicted molar refractivity (Wildman–Crippen MR) is 67.4 cm³/mol. The van der Waals surface area contributed by atoms with E-state index < -0.39 is 5.97 Å². The van der Waals surface area contributed by atoms with Crippen molar-refractivity contribution < 1.29 is 14.3 Å². The van der Waals surface area contributed by atoms with Crippen LogP contribution in [0, 0.1) is 0 Å². The van der Waals surface area contributed by atoms with Gasteiger partial charge in [0.15, 0.2) is 0 Å². The van der Waals surface area contributed by atoms with E-state index in [-0.39, 0.29) is 11.8 Å². The van der Waals surface area contributed by atoms with Gasteiger partial charge in [0.05, 0.1) is 6.54 Å². The lowest BCUT2D eigenvalue weighted by Crippen LogP contribution is -2.48. The summed E-state index contributed by atoms with van der Waals surface area (Å²) in [5.74, 6) is -0.331. The summed E-state index contributed by atoms with van der Waals surface area (Å²) in [5, 5.41) is 8.82. The standard InChI is InChI=1S/C13H20N2O3/c1-9(14)11-4-2-3-7-15(11)8-10-5-6-12(18-10)13(16)17/h5-6,9,11H,2-4,7-8,14H2,1H3,(H,16,17). The molecule has 100 valence electrons. The summed E-state index contributed by atoms with van der Waals surface area (Å²) in [5.41, 5.74) is 6.00. The SMILES string of the molecule is CC(N)C1CCCCN1Cc1ccc(C(=O)O)o1. The van der Waals surface area contributed by atoms with Crippen LogP contribution in [0.5, 0.6) is 0 Å². The second kappa shape index (κ2) is 5.54. The molecule has 5 heteroatoms. The molecule has 1 saturated heterocycles. The van der Waals surface area contributed by atoms with Crippen molar-refractivity contribution in [2.75, 3.05) is 6.54 Å². The Morgan fingerprint density at radius 2 is 2.39 bits per heavy atom. The topological polar surface area (TPSA) is 79.7 Å². The number of likely N-dealkylation sites (tertiary alicyclic amines) is 1. The first-order valence-electron chi connectivity index (χ1n) is 6.39. The van der Waals surface area contributed by atoms with Crippen LogP contribution in [-0.2, 0) is 6.54 Å². The van der Waals surface area contributed by atoms with Gasteiger partial charge in [0.2, 0.25) is 5.76 Å². The molecule has 5 nitrogen and oxygen atoms in total. The number of hydrogen-bond acceptors (Lipinski definition) is 4. The molecule has 1 aliphatic rings. The van der Waals surface area contributed by atoms with Crippen molar-refractivity contribution in [2.24, 2.45) is 5.73 Å². The molecule has 18 heavy (non-hydrogen) atoms. The van der Waals surface area contributed by atoms with Crippen molar-refractivity contribution in [3.8, 4) is 0 Å². The molecule has 2 unspecified atom stereocenters. The fourth-order valence-corrected chi connectivity index (χ4v) is 2.59. The fraction of sp³-hybridized carbons (Fsp3) is 0.615. The Morgan fingerprint density at radius 3 is 3.00 bits per heavy atom. The molecular weight excluding hydrogens is 232 g/mol. The van der Waals surface area contributed by atoms with Crippen molar-refractivity contribution in [1.29, 1.82) is 0 Å². The number of piperidine rings is 1. The summed E-state index contributed by atoms with van der Waals surface area (Å²) >= 11 is 0. The van der Waals surface area contributed by atoms with Gasteiger partial charge in [0.1, 0.15) is 5.76 Å². The summed E-state index contributed by atoms with van der Waals surface area (Å²) in [6, 6.07) is 3.72. The molecule has 3 N–H and O–H groups in total. The second-order valence-corrected chi connectivity index (χ2v) is 4.96. The molecule has 1 aliphatic heterocycles. The molecule has 0 spiro atoms. The molecule has 1 aromatic rings. The van der Waals surface area contributed by atoms with Crippen LogP contribution in [0.2, 0.25) is 0 Å². The van der Waals surface area contributed by atoms with Gasteiger partial charge in [-0.25, -0.2) is 4.79 Å². The number of carboxylic acid groups (broad SMARTS) is 1. The number of nitrogens with two attached hydrogens (primary N) is 1. The maximum absolute atomic E-state index is 10.8. The van der Waals surface area contributed by atoms with E-state index >= 15 is 0 Å². The lowest BCUT2D eigenvalue weighted by Gasteiger charge is -2.37. The largest absolute Gasteiger partial charge is 0.475 e. The minimum Gasteiger partial charge on any atom is -0.475 e. The van der Waals surface area contributed by atoms with Gasteiger partial charge in [-0.1, -0.05) is 6.42 Å². The Labute approximate surface area is 107 Å². The molecular formula is C13H20N2O3. The first-order valence-corrected chi connectivity index (χ1v) is 6.39. The monoisotopic (exact) mass is 252 g/mol. The van der Waals surface area contributed by atoms with E-state index in [2.05, 4.69) is 4.90 Å². The van der Waals surface area contributed by atoms with E-state index in [1.165, 1.54) is 12.5 Å². The maximum atomic E-state index is 10.8. The van der Waals surface area contributed by atoms with Crippen LogP contribution in [0.4, 0.5) is 0 Å². The average molecular weight is 252 g/mol. The first-order chi connectivity index (χ1) is 8.58. The highest BCUT2D eigenvalue weighted by atomic mass is 16.4. The van der Waals surface area contributed by atoms with Crippen LogP contribution < -0.4 is 5.73 Å². The first kappa shape index (κ1) is 13.1. The number of nitrogens with zero attached hydrogens (tertiary/aromatic N) is 1. The van der Waals surface area contributed by atoms with Gasteiger partial charge >= 0.3 is 5.97 Å². The van der Waals surface area contributed by atoms with E-state index in [9.17, 15) is 4.79 Å². The van der Waals surface area contributed by atoms with Crippen molar-refractivity contribution in [3.05, 3.63) is 23.7 Å². The van der Waals surface area contributed by atoms with Crippen LogP contribution in [0.1, 0.15) is 42.5 Å². The van der Waals surface area contributed by atoms with Crippen molar-refractivity contribution in [2.45, 2.75) is 44.8 Å². The second-order valence-electron chi connectivity index (χ2n) is 4.96. The zero-order valence-electron chi connectivity index (χ0n) is 10.6. The lowest BCUT2D eigenvalue weighted by atomic mass is 9.97. The van der Waals surface area contributed by atoms with Gasteiger partial charge in [-0.2, -0.15) is 0 Å². The Hall–Kier alpha value is -1.33. The third-order valence-electron chi connectivity index (χ3n) is 3.50. The minimum atomic E-state index is -1.02. The Kier molecular flexibility index (Phi) is 4.04. The summed E-state index contributed by atoms with van der Waals surface area (Å²) in [6.45, 7) is 3.66. The number of hydrogen-bond donors (Lipinski definition) is 2. The predicted octanol–water partition coefficient (Wildman–Crippen LogP) is 1.68. The van der Waals surface area contributed by atoms with Gasteiger partial charge in [-0.05, 0) is 38.4 Å². The molecule has 1 fully saturated rings. The van der Waals surface area contributed by atoms with Crippen molar-refractivity contribution in [1.82, 2.24) is 4.90 Å². The van der Waals surface area contributed by atoms with E-state index in [4.69, 9.17) is 15.3 Å². The molecule has 0 radical (unpaired) electrons. The highest BCUT2D eigenvalue weighted by Gasteiger charge is 2.26. The number of carbonyl (C=O) groups is 1. The quantitative estimate of drug-likeness (QED) is 0.852. The van der Waals surface area contributed by atoms with Crippen LogP contribution in [0.15, 0.2) is 16.5 Å². The highest BCUT2D eigenvalue weighted by Crippen LogP contribution is 2.22. The van der Waals surface area contributed by atoms with E-state index in [1.54, 1.807) is 6.07 Å². The van der Waals surface area contributed by atoms with Gasteiger partial charge in [-0.15, -0.1) is 0 Å². The number of furan rings is 1. The van der Waals surface area contributed by atoms with Gasteiger partial charge in [0.25, 0.3) is 0 Å². The number of rotatable bonds is 4. The van der Waals surface area contributed by atoms with E-state index in [1.807, 2.05) is 6.92 Å². The summed E-state index contributed by atoms with van der Waals surface area (Å²) in [6.07, 6.45) is 3.47. The minimum absolute atomic E-state index is 0.000596. The molecule has 1 aromatic heterocycles. The molecule has 2 rings (SSSR count). The van der Waals surface area contributed by atoms with Crippen molar-refractivity contribution in [3.63, 3.8) is 0 Å². The molecule has 0 aromatic carbocycles. The zero-order chi connectivity index (χ0) is 13.1. The average Bonchev–Trinajstić information content (AvgIpc) is 2.78. The number of carboxylic acids is 1. The fourth-order valence-electron chi connectivity index (χ4n) is 2.59. The third kappa shape index (κ3) is 2.91. The zero-order valence-corrected chi connectivity index (χ0v) is 10.6. The molecule has 2 atom stereocenters. The smallest absolute Gasteiger partial charge is 0.371 e. The van der Waals surface area contributed by atoms with Crippen LogP contribution in [0.3, 0.4) is 0 Å². The molecule has 0 amide bonds. The Morgan fingerprint density at radius 1 is 1.61 bits per heavy atom. The molecule has 0 aliphatic carbocycles. The summed E-state index contributed by atoms with van der Waals surface area (Å²) in [4.78, 5) is 13.0. The Bertz CT molecular complexity index is 414. The van der Waals surface area contributed by atoms with E-state index in [0.717, 1.165) is 19.4 Å². The van der Waals surface area contributed by atoms with Crippen LogP contribution in [-0.4, -0.2) is 34.6 Å². The molecule has 0 saturated carbocycles. The summed E-state index contributed by atoms with van der Waals surface area (Å²) in [7, 11) is 0. The Balaban J connectivity index is 2.03. The lowest BCUT2D eigenvalue weighted by molar-refractivity contribution is 0.0653. The van der Waals surface area contributed by atoms with Crippen LogP contribution >= 0.6 is 0 Å². The van der Waals surface area contributed by atoms with Gasteiger partial charge in [-0.3, -0.25) is 4.90 Å². The number of aromatic carboxylic acids is 1. The molecule has 2 heterocycles. The third-order valence-corrected chi connectivity index (χ3v) is 3.50. The van der Waals surface area contributed by atoms with Gasteiger partial charge in [0, 0.05) is 12.1 Å². The van der Waals surface area contributed by atoms with Crippen molar-refractivity contribution >= 4 is 5.97 Å². The van der Waals surface area contributed by atoms with E-state index in [0.29, 0.717) is 18.3 Å². The summed E-state index contributed by atoms with van der Waals surface area (Å²) < 4.78 is 5.29. The maximum Gasteiger partial charge on any atom is 0.371 e. The highest BCUT2D eigenvalue weighted by molar-refractivity contribution is 5.84. The normalized spacial score (nSPS) is 22.9.